The second kappa shape index (κ2) is 20.9. The third-order valence-corrected chi connectivity index (χ3v) is 11.3. The maximum Gasteiger partial charge on any atom is 0.311 e. The van der Waals surface area contributed by atoms with Gasteiger partial charge in [0.15, 0.2) is 5.82 Å². The van der Waals surface area contributed by atoms with Crippen molar-refractivity contribution >= 4 is 40.6 Å². The number of ether oxygens (including phenoxy) is 3. The summed E-state index contributed by atoms with van der Waals surface area (Å²) in [4.78, 5) is 41.2. The van der Waals surface area contributed by atoms with E-state index in [-0.39, 0.29) is 49.1 Å². The lowest BCUT2D eigenvalue weighted by molar-refractivity contribution is -0.159. The number of aryl methyl sites for hydroxylation is 1. The molecular formula is C46H55N9O6. The van der Waals surface area contributed by atoms with Crippen molar-refractivity contribution < 1.29 is 28.6 Å². The number of hydrogen-bond donors (Lipinski definition) is 3. The molecule has 0 aliphatic heterocycles. The lowest BCUT2D eigenvalue weighted by atomic mass is 9.66. The van der Waals surface area contributed by atoms with Gasteiger partial charge in [-0.2, -0.15) is 4.63 Å². The first kappa shape index (κ1) is 42.9. The molecule has 0 spiro atoms. The molecular weight excluding hydrogens is 775 g/mol. The zero-order valence-electron chi connectivity index (χ0n) is 35.0. The smallest absolute Gasteiger partial charge is 0.311 e. The summed E-state index contributed by atoms with van der Waals surface area (Å²) in [6, 6.07) is 26.7. The normalized spacial score (nSPS) is 19.2. The van der Waals surface area contributed by atoms with Gasteiger partial charge in [-0.15, -0.1) is 10.2 Å². The van der Waals surface area contributed by atoms with Crippen LogP contribution in [0.4, 0.5) is 0 Å². The van der Waals surface area contributed by atoms with Gasteiger partial charge in [-0.1, -0.05) is 105 Å². The highest BCUT2D eigenvalue weighted by atomic mass is 16.5. The van der Waals surface area contributed by atoms with Crippen LogP contribution in [0.1, 0.15) is 81.8 Å². The van der Waals surface area contributed by atoms with Crippen LogP contribution in [-0.4, -0.2) is 85.2 Å². The molecule has 6 aromatic rings. The Hall–Kier alpha value is -6.19. The maximum absolute atomic E-state index is 13.2. The Bertz CT molecular complexity index is 2390. The summed E-state index contributed by atoms with van der Waals surface area (Å²) in [5.41, 5.74) is 5.06. The van der Waals surface area contributed by atoms with E-state index in [9.17, 15) is 14.4 Å². The summed E-state index contributed by atoms with van der Waals surface area (Å²) in [5.74, 6) is 1.43. The highest BCUT2D eigenvalue weighted by molar-refractivity contribution is 5.79. The monoisotopic (exact) mass is 829 g/mol. The third-order valence-electron chi connectivity index (χ3n) is 11.3. The first-order valence-electron chi connectivity index (χ1n) is 21.2. The standard InChI is InChI=1S/C38H47N9O4.C8H8O2/c1-25(36-41-37-35(26(2)43-47(37)44-36)46-32-17-9-8-16-31(32)42-45-46)23-40-34(48)18-19-39-24-51-33-22-29-15-7-6-14-28(29)21-30(33)38(49)50-20-10-13-27-11-4-3-5-12-27;1-7(9)10-8-5-3-2-4-6-8/h3-5,8-13,16-17,25,28-30,33,39,43H,6-7,14-15,18-24H2,1-2H3,(H,40,48);2-6H,1H3/b13-10+;/t25?,28?,29?,30-,33?;/m1./s1. The number of nitrogens with one attached hydrogen (secondary N) is 3. The van der Waals surface area contributed by atoms with Crippen LogP contribution in [0.15, 0.2) is 91.0 Å². The summed E-state index contributed by atoms with van der Waals surface area (Å²) in [6.45, 7) is 6.69. The summed E-state index contributed by atoms with van der Waals surface area (Å²) < 4.78 is 20.2. The minimum Gasteiger partial charge on any atom is -0.461 e. The molecule has 0 radical (unpaired) electrons. The highest BCUT2D eigenvalue weighted by Crippen LogP contribution is 2.44. The Kier molecular flexibility index (Phi) is 14.7. The van der Waals surface area contributed by atoms with E-state index in [0.29, 0.717) is 48.6 Å². The fraction of sp³-hybridized carbons (Fsp3) is 0.413. The molecule has 15 nitrogen and oxygen atoms in total. The molecule has 3 N–H and O–H groups in total. The van der Waals surface area contributed by atoms with E-state index < -0.39 is 0 Å². The van der Waals surface area contributed by atoms with Gasteiger partial charge in [-0.3, -0.25) is 24.8 Å². The van der Waals surface area contributed by atoms with Crippen molar-refractivity contribution in [3.63, 3.8) is 0 Å². The number of carbonyl (C=O) groups is 3. The van der Waals surface area contributed by atoms with Crippen molar-refractivity contribution in [3.05, 3.63) is 108 Å². The van der Waals surface area contributed by atoms with Crippen LogP contribution in [-0.2, 0) is 23.9 Å². The van der Waals surface area contributed by atoms with Gasteiger partial charge >= 0.3 is 11.9 Å². The first-order valence-corrected chi connectivity index (χ1v) is 21.2. The molecule has 2 saturated carbocycles. The third kappa shape index (κ3) is 11.3. The molecule has 2 aliphatic rings. The fourth-order valence-electron chi connectivity index (χ4n) is 8.24. The summed E-state index contributed by atoms with van der Waals surface area (Å²) >= 11 is 0. The lowest BCUT2D eigenvalue weighted by Gasteiger charge is -2.42. The quantitative estimate of drug-likeness (QED) is 0.0433. The molecule has 2 aliphatic carbocycles. The number of fused-ring (bicyclic) bond motifs is 3. The van der Waals surface area contributed by atoms with Crippen LogP contribution in [0.25, 0.3) is 28.4 Å². The highest BCUT2D eigenvalue weighted by Gasteiger charge is 2.42. The predicted octanol–water partition coefficient (Wildman–Crippen LogP) is 6.73. The predicted molar refractivity (Wildman–Crippen MR) is 231 cm³/mol. The van der Waals surface area contributed by atoms with E-state index >= 15 is 0 Å². The van der Waals surface area contributed by atoms with Gasteiger partial charge in [-0.05, 0) is 67.5 Å². The van der Waals surface area contributed by atoms with Crippen LogP contribution in [0.3, 0.4) is 0 Å². The molecule has 4 unspecified atom stereocenters. The Morgan fingerprint density at radius 2 is 1.67 bits per heavy atom. The number of hydrogen-bond acceptors (Lipinski definition) is 11. The van der Waals surface area contributed by atoms with Crippen molar-refractivity contribution in [3.8, 4) is 11.4 Å². The largest absolute Gasteiger partial charge is 0.461 e. The second-order valence-electron chi connectivity index (χ2n) is 15.8. The van der Waals surface area contributed by atoms with Gasteiger partial charge in [0.25, 0.3) is 0 Å². The summed E-state index contributed by atoms with van der Waals surface area (Å²) in [6.07, 6.45) is 10.5. The van der Waals surface area contributed by atoms with E-state index in [4.69, 9.17) is 19.2 Å². The Morgan fingerprint density at radius 3 is 2.44 bits per heavy atom. The van der Waals surface area contributed by atoms with Gasteiger partial charge in [0.2, 0.25) is 11.6 Å². The zero-order valence-corrected chi connectivity index (χ0v) is 35.0. The first-order chi connectivity index (χ1) is 29.7. The molecule has 3 aromatic carbocycles. The minimum atomic E-state index is -0.286. The fourth-order valence-corrected chi connectivity index (χ4v) is 8.24. The van der Waals surface area contributed by atoms with E-state index in [1.807, 2.05) is 98.8 Å². The number of esters is 2. The number of amides is 1. The molecule has 3 heterocycles. The van der Waals surface area contributed by atoms with Gasteiger partial charge in [0.1, 0.15) is 23.6 Å². The van der Waals surface area contributed by atoms with E-state index in [1.54, 1.807) is 21.4 Å². The molecule has 0 saturated heterocycles. The molecule has 8 rings (SSSR count). The second-order valence-corrected chi connectivity index (χ2v) is 15.8. The van der Waals surface area contributed by atoms with Gasteiger partial charge in [0.05, 0.1) is 30.0 Å². The topological polar surface area (TPSA) is 180 Å². The van der Waals surface area contributed by atoms with Crippen molar-refractivity contribution in [1.29, 1.82) is 0 Å². The molecule has 3 aromatic heterocycles. The van der Waals surface area contributed by atoms with Crippen LogP contribution >= 0.6 is 0 Å². The van der Waals surface area contributed by atoms with Crippen LogP contribution in [0.5, 0.6) is 5.75 Å². The van der Waals surface area contributed by atoms with Crippen molar-refractivity contribution in [2.24, 2.45) is 17.8 Å². The van der Waals surface area contributed by atoms with Crippen molar-refractivity contribution in [1.82, 2.24) is 45.4 Å². The van der Waals surface area contributed by atoms with Crippen LogP contribution in [0, 0.1) is 24.7 Å². The van der Waals surface area contributed by atoms with Crippen LogP contribution < -0.4 is 15.4 Å². The van der Waals surface area contributed by atoms with Crippen LogP contribution in [0.2, 0.25) is 0 Å². The Morgan fingerprint density at radius 1 is 0.951 bits per heavy atom. The average molecular weight is 830 g/mol. The number of H-pyrrole nitrogens is 1. The molecule has 61 heavy (non-hydrogen) atoms. The number of benzene rings is 3. The minimum absolute atomic E-state index is 0.0718. The molecule has 5 atom stereocenters. The average Bonchev–Trinajstić information content (AvgIpc) is 3.97. The number of aromatic amines is 1. The zero-order chi connectivity index (χ0) is 42.6. The number of aromatic nitrogens is 7. The molecule has 320 valence electrons. The lowest BCUT2D eigenvalue weighted by Crippen LogP contribution is -2.44. The number of rotatable bonds is 15. The van der Waals surface area contributed by atoms with Crippen molar-refractivity contribution in [2.45, 2.75) is 77.7 Å². The maximum atomic E-state index is 13.2. The van der Waals surface area contributed by atoms with Gasteiger partial charge < -0.3 is 19.5 Å². The number of para-hydroxylation sites is 2. The Balaban J connectivity index is 0.000000494. The Labute approximate surface area is 355 Å². The molecule has 0 bridgehead atoms. The van der Waals surface area contributed by atoms with E-state index in [0.717, 1.165) is 40.8 Å². The summed E-state index contributed by atoms with van der Waals surface area (Å²) in [7, 11) is 0. The van der Waals surface area contributed by atoms with E-state index in [2.05, 4.69) is 31.1 Å². The van der Waals surface area contributed by atoms with Crippen molar-refractivity contribution in [2.75, 3.05) is 26.4 Å². The molecule has 1 amide bonds. The van der Waals surface area contributed by atoms with Gasteiger partial charge in [0, 0.05) is 32.4 Å². The number of nitrogens with zero attached hydrogens (tertiary/aromatic N) is 6. The molecule has 2 fully saturated rings. The molecule has 15 heteroatoms. The SMILES string of the molecule is CC(=O)Oc1ccccc1.Cc1[nH]n2nc(C(C)CNC(=O)CCNCOC3CC4CCCCC4C[C@H]3C(=O)OC/C=C/c3ccccc3)nc2c1-n1nnc2ccccc21. The number of carbonyl (C=O) groups excluding carboxylic acids is 3. The summed E-state index contributed by atoms with van der Waals surface area (Å²) in [5, 5.41) is 22.8. The van der Waals surface area contributed by atoms with E-state index in [1.165, 1.54) is 32.6 Å². The van der Waals surface area contributed by atoms with Gasteiger partial charge in [-0.25, -0.2) is 9.67 Å².